The molecule has 0 heterocycles. The minimum absolute atomic E-state index is 0.0350. The molecule has 0 aliphatic heterocycles. The fraction of sp³-hybridized carbons (Fsp3) is 0.120. The van der Waals surface area contributed by atoms with Crippen LogP contribution in [0, 0.1) is 25.2 Å². The van der Waals surface area contributed by atoms with Crippen molar-refractivity contribution < 1.29 is 9.53 Å². The number of rotatable bonds is 6. The van der Waals surface area contributed by atoms with E-state index in [2.05, 4.69) is 37.2 Å². The molecule has 7 heteroatoms. The first-order valence-corrected chi connectivity index (χ1v) is 11.6. The van der Waals surface area contributed by atoms with E-state index >= 15 is 0 Å². The molecule has 32 heavy (non-hydrogen) atoms. The molecular weight excluding hydrogens is 556 g/mol. The second-order valence-corrected chi connectivity index (χ2v) is 9.30. The van der Waals surface area contributed by atoms with Gasteiger partial charge in [0.25, 0.3) is 5.91 Å². The van der Waals surface area contributed by atoms with Crippen LogP contribution in [0.3, 0.4) is 0 Å². The lowest BCUT2D eigenvalue weighted by molar-refractivity contribution is -0.112. The predicted molar refractivity (Wildman–Crippen MR) is 136 cm³/mol. The maximum absolute atomic E-state index is 12.8. The van der Waals surface area contributed by atoms with E-state index in [0.29, 0.717) is 33.1 Å². The van der Waals surface area contributed by atoms with Gasteiger partial charge in [0.2, 0.25) is 0 Å². The molecule has 0 fully saturated rings. The molecule has 3 aromatic rings. The van der Waals surface area contributed by atoms with Crippen molar-refractivity contribution in [2.45, 2.75) is 20.5 Å². The van der Waals surface area contributed by atoms with E-state index in [-0.39, 0.29) is 5.57 Å². The quantitative estimate of drug-likeness (QED) is 0.244. The summed E-state index contributed by atoms with van der Waals surface area (Å²) in [5, 5.41) is 13.1. The Hall–Kier alpha value is -2.59. The van der Waals surface area contributed by atoms with Gasteiger partial charge in [-0.2, -0.15) is 5.26 Å². The molecule has 0 bridgehead atoms. The number of ether oxygens (including phenoxy) is 1. The van der Waals surface area contributed by atoms with Crippen molar-refractivity contribution in [3.63, 3.8) is 0 Å². The van der Waals surface area contributed by atoms with Gasteiger partial charge in [0.1, 0.15) is 24.0 Å². The molecule has 0 aliphatic rings. The first-order valence-electron chi connectivity index (χ1n) is 9.64. The number of amides is 1. The second kappa shape index (κ2) is 10.8. The third-order valence-electron chi connectivity index (χ3n) is 4.85. The number of carbonyl (C=O) groups excluding carboxylic acids is 1. The zero-order valence-corrected chi connectivity index (χ0v) is 21.3. The Bertz CT molecular complexity index is 1230. The molecule has 0 unspecified atom stereocenters. The van der Waals surface area contributed by atoms with Crippen molar-refractivity contribution in [3.05, 3.63) is 96.4 Å². The Balaban J connectivity index is 1.90. The highest BCUT2D eigenvalue weighted by atomic mass is 79.9. The standard InChI is InChI=1S/C25H19Br2ClN2O2/c1-15-4-3-5-23(16(15)2)30-25(31)19(13-29)10-18-11-20(26)12-22(27)24(18)32-14-17-6-8-21(28)9-7-17/h3-12H,14H2,1-2H3,(H,30,31)/b19-10+. The maximum Gasteiger partial charge on any atom is 0.266 e. The molecule has 0 aliphatic carbocycles. The summed E-state index contributed by atoms with van der Waals surface area (Å²) in [6, 6.07) is 18.6. The van der Waals surface area contributed by atoms with E-state index in [1.54, 1.807) is 18.2 Å². The Labute approximate surface area is 209 Å². The number of benzene rings is 3. The molecular formula is C25H19Br2ClN2O2. The molecule has 1 amide bonds. The van der Waals surface area contributed by atoms with Crippen LogP contribution < -0.4 is 10.1 Å². The van der Waals surface area contributed by atoms with E-state index < -0.39 is 5.91 Å². The highest BCUT2D eigenvalue weighted by Crippen LogP contribution is 2.35. The van der Waals surface area contributed by atoms with E-state index in [1.807, 2.05) is 56.3 Å². The Kier molecular flexibility index (Phi) is 8.14. The summed E-state index contributed by atoms with van der Waals surface area (Å²) in [6.07, 6.45) is 1.52. The van der Waals surface area contributed by atoms with Crippen molar-refractivity contribution in [2.75, 3.05) is 5.32 Å². The fourth-order valence-electron chi connectivity index (χ4n) is 2.96. The molecule has 4 nitrogen and oxygen atoms in total. The van der Waals surface area contributed by atoms with E-state index in [4.69, 9.17) is 16.3 Å². The fourth-order valence-corrected chi connectivity index (χ4v) is 4.45. The van der Waals surface area contributed by atoms with Crippen molar-refractivity contribution in [3.8, 4) is 11.8 Å². The van der Waals surface area contributed by atoms with Crippen LogP contribution in [0.15, 0.2) is 69.1 Å². The molecule has 3 aromatic carbocycles. The van der Waals surface area contributed by atoms with Crippen molar-refractivity contribution >= 4 is 61.1 Å². The maximum atomic E-state index is 12.8. The Morgan fingerprint density at radius 2 is 1.88 bits per heavy atom. The summed E-state index contributed by atoms with van der Waals surface area (Å²) in [4.78, 5) is 12.8. The van der Waals surface area contributed by atoms with Gasteiger partial charge in [0, 0.05) is 20.7 Å². The zero-order valence-electron chi connectivity index (χ0n) is 17.4. The average molecular weight is 575 g/mol. The van der Waals surface area contributed by atoms with Gasteiger partial charge in [-0.3, -0.25) is 4.79 Å². The summed E-state index contributed by atoms with van der Waals surface area (Å²) in [5.41, 5.74) is 4.17. The van der Waals surface area contributed by atoms with Crippen LogP contribution in [-0.2, 0) is 11.4 Å². The van der Waals surface area contributed by atoms with E-state index in [0.717, 1.165) is 21.2 Å². The third-order valence-corrected chi connectivity index (χ3v) is 6.15. The zero-order chi connectivity index (χ0) is 23.3. The normalized spacial score (nSPS) is 11.1. The predicted octanol–water partition coefficient (Wildman–Crippen LogP) is 7.61. The van der Waals surface area contributed by atoms with E-state index in [9.17, 15) is 10.1 Å². The lowest BCUT2D eigenvalue weighted by Gasteiger charge is -2.13. The lowest BCUT2D eigenvalue weighted by atomic mass is 10.1. The first kappa shape index (κ1) is 24.1. The number of nitrogens with one attached hydrogen (secondary N) is 1. The van der Waals surface area contributed by atoms with Gasteiger partial charge in [-0.15, -0.1) is 0 Å². The molecule has 0 saturated heterocycles. The van der Waals surface area contributed by atoms with Gasteiger partial charge in [-0.05, 0) is 82.9 Å². The number of aryl methyl sites for hydroxylation is 1. The van der Waals surface area contributed by atoms with Crippen LogP contribution in [0.4, 0.5) is 5.69 Å². The smallest absolute Gasteiger partial charge is 0.266 e. The second-order valence-electron chi connectivity index (χ2n) is 7.09. The molecule has 0 saturated carbocycles. The number of halogens is 3. The minimum atomic E-state index is -0.485. The van der Waals surface area contributed by atoms with E-state index in [1.165, 1.54) is 6.08 Å². The van der Waals surface area contributed by atoms with Gasteiger partial charge in [-0.1, -0.05) is 51.8 Å². The minimum Gasteiger partial charge on any atom is -0.487 e. The largest absolute Gasteiger partial charge is 0.487 e. The summed E-state index contributed by atoms with van der Waals surface area (Å²) in [7, 11) is 0. The van der Waals surface area contributed by atoms with Crippen LogP contribution in [0.1, 0.15) is 22.3 Å². The van der Waals surface area contributed by atoms with Crippen LogP contribution in [0.5, 0.6) is 5.75 Å². The van der Waals surface area contributed by atoms with Crippen LogP contribution >= 0.6 is 43.5 Å². The third kappa shape index (κ3) is 6.01. The summed E-state index contributed by atoms with van der Waals surface area (Å²) >= 11 is 12.9. The number of anilines is 1. The number of hydrogen-bond acceptors (Lipinski definition) is 3. The molecule has 1 N–H and O–H groups in total. The monoisotopic (exact) mass is 572 g/mol. The average Bonchev–Trinajstić information content (AvgIpc) is 2.75. The molecule has 3 rings (SSSR count). The first-order chi connectivity index (χ1) is 15.3. The number of hydrogen-bond donors (Lipinski definition) is 1. The molecule has 0 atom stereocenters. The number of carbonyl (C=O) groups is 1. The number of nitrogens with zero attached hydrogens (tertiary/aromatic N) is 1. The number of nitriles is 1. The van der Waals surface area contributed by atoms with Crippen LogP contribution in [-0.4, -0.2) is 5.91 Å². The lowest BCUT2D eigenvalue weighted by Crippen LogP contribution is -2.14. The molecule has 0 spiro atoms. The SMILES string of the molecule is Cc1cccc(NC(=O)/C(C#N)=C/c2cc(Br)cc(Br)c2OCc2ccc(Cl)cc2)c1C. The van der Waals surface area contributed by atoms with Gasteiger partial charge in [0.15, 0.2) is 0 Å². The summed E-state index contributed by atoms with van der Waals surface area (Å²) in [5.74, 6) is 0.0383. The van der Waals surface area contributed by atoms with Gasteiger partial charge >= 0.3 is 0 Å². The van der Waals surface area contributed by atoms with Crippen LogP contribution in [0.25, 0.3) is 6.08 Å². The summed E-state index contributed by atoms with van der Waals surface area (Å²) < 4.78 is 7.50. The summed E-state index contributed by atoms with van der Waals surface area (Å²) in [6.45, 7) is 4.19. The van der Waals surface area contributed by atoms with Crippen molar-refractivity contribution in [1.82, 2.24) is 0 Å². The Morgan fingerprint density at radius 3 is 2.56 bits per heavy atom. The topological polar surface area (TPSA) is 62.1 Å². The molecule has 162 valence electrons. The van der Waals surface area contributed by atoms with Crippen LogP contribution in [0.2, 0.25) is 5.02 Å². The van der Waals surface area contributed by atoms with Gasteiger partial charge in [-0.25, -0.2) is 0 Å². The van der Waals surface area contributed by atoms with Crippen molar-refractivity contribution in [2.24, 2.45) is 0 Å². The van der Waals surface area contributed by atoms with Gasteiger partial charge in [0.05, 0.1) is 4.47 Å². The highest BCUT2D eigenvalue weighted by Gasteiger charge is 2.15. The highest BCUT2D eigenvalue weighted by molar-refractivity contribution is 9.11. The van der Waals surface area contributed by atoms with Crippen molar-refractivity contribution in [1.29, 1.82) is 5.26 Å². The van der Waals surface area contributed by atoms with Gasteiger partial charge < -0.3 is 10.1 Å². The Morgan fingerprint density at radius 1 is 1.16 bits per heavy atom. The molecule has 0 aromatic heterocycles. The molecule has 0 radical (unpaired) electrons.